The van der Waals surface area contributed by atoms with Gasteiger partial charge in [-0.1, -0.05) is 160 Å². The lowest BCUT2D eigenvalue weighted by atomic mass is 10.2. The van der Waals surface area contributed by atoms with Crippen molar-refractivity contribution in [1.29, 1.82) is 0 Å². The summed E-state index contributed by atoms with van der Waals surface area (Å²) in [5.41, 5.74) is 0. The van der Waals surface area contributed by atoms with E-state index in [1.54, 1.807) is 18.2 Å². The molecule has 0 spiro atoms. The van der Waals surface area contributed by atoms with Crippen molar-refractivity contribution >= 4 is 37.2 Å². The van der Waals surface area contributed by atoms with E-state index in [1.807, 2.05) is 26.8 Å². The summed E-state index contributed by atoms with van der Waals surface area (Å²) in [5.74, 6) is -0.849. The van der Waals surface area contributed by atoms with Crippen molar-refractivity contribution in [2.24, 2.45) is 0 Å². The van der Waals surface area contributed by atoms with Gasteiger partial charge in [0.05, 0.1) is 56.3 Å². The Kier molecular flexibility index (Phi) is 67.9. The number of carboxylic acids is 1. The maximum absolute atomic E-state index is 10.6. The van der Waals surface area contributed by atoms with Crippen LogP contribution in [0.1, 0.15) is 200 Å². The van der Waals surface area contributed by atoms with E-state index < -0.39 is 37.0 Å². The minimum absolute atomic E-state index is 0.000826. The summed E-state index contributed by atoms with van der Waals surface area (Å²) in [6.07, 6.45) is 20.7. The number of ether oxygens (including phenoxy) is 1. The van der Waals surface area contributed by atoms with E-state index in [9.17, 15) is 9.59 Å². The highest BCUT2D eigenvalue weighted by molar-refractivity contribution is 6.75. The number of aldehydes is 1. The molecule has 1 saturated heterocycles. The number of aliphatic hydroxyl groups is 7. The quantitative estimate of drug-likeness (QED) is 0.0151. The Bertz CT molecular complexity index is 1290. The molecule has 472 valence electrons. The smallest absolute Gasteiger partial charge is 0.306 e. The van der Waals surface area contributed by atoms with Crippen LogP contribution in [-0.4, -0.2) is 154 Å². The highest BCUT2D eigenvalue weighted by Crippen LogP contribution is 2.39. The minimum Gasteiger partial charge on any atom is -0.481 e. The Labute approximate surface area is 485 Å². The molecule has 0 bridgehead atoms. The number of carbonyl (C=O) groups excluding carboxylic acids is 1. The number of aliphatic hydroxyl groups excluding tert-OH is 7. The molecule has 3 unspecified atom stereocenters. The number of epoxide rings is 1. The Morgan fingerprint density at radius 3 is 1.08 bits per heavy atom. The molecule has 1 rings (SSSR count). The maximum Gasteiger partial charge on any atom is 0.306 e. The average Bonchev–Trinajstić information content (AvgIpc) is 4.16. The summed E-state index contributed by atoms with van der Waals surface area (Å²) < 4.78 is 23.1. The van der Waals surface area contributed by atoms with Crippen LogP contribution < -0.4 is 0 Å². The van der Waals surface area contributed by atoms with Gasteiger partial charge in [0.25, 0.3) is 0 Å². The third-order valence-electron chi connectivity index (χ3n) is 12.8. The second-order valence-electron chi connectivity index (χ2n) is 23.6. The first-order valence-electron chi connectivity index (χ1n) is 29.1. The molecule has 0 aromatic heterocycles. The first-order valence-corrected chi connectivity index (χ1v) is 37.8. The summed E-state index contributed by atoms with van der Waals surface area (Å²) in [7, 11) is -5.20. The highest BCUT2D eigenvalue weighted by Gasteiger charge is 2.40. The fraction of sp³-hybridized carbons (Fsp3) is 0.836. The first-order chi connectivity index (χ1) is 35.9. The van der Waals surface area contributed by atoms with Crippen molar-refractivity contribution in [2.75, 3.05) is 39.6 Å². The molecule has 6 atom stereocenters. The molecule has 0 radical (unpaired) electrons. The van der Waals surface area contributed by atoms with Gasteiger partial charge in [-0.05, 0) is 106 Å². The number of carbonyl (C=O) groups is 2. The van der Waals surface area contributed by atoms with Gasteiger partial charge in [-0.15, -0.1) is 26.3 Å². The topological polar surface area (TPSA) is 236 Å². The summed E-state index contributed by atoms with van der Waals surface area (Å²) in [6.45, 7) is 61.6. The third kappa shape index (κ3) is 65.1. The van der Waals surface area contributed by atoms with Crippen LogP contribution in [-0.2, 0) is 27.6 Å². The molecular formula is C61H132O14Si3. The molecule has 1 fully saturated rings. The highest BCUT2D eigenvalue weighted by atomic mass is 28.4. The van der Waals surface area contributed by atoms with Crippen molar-refractivity contribution in [2.45, 2.75) is 291 Å². The van der Waals surface area contributed by atoms with Gasteiger partial charge in [0.15, 0.2) is 25.0 Å². The lowest BCUT2D eigenvalue weighted by Crippen LogP contribution is -2.43. The van der Waals surface area contributed by atoms with Crippen LogP contribution in [0.5, 0.6) is 0 Å². The number of rotatable bonds is 29. The van der Waals surface area contributed by atoms with Gasteiger partial charge >= 0.3 is 5.97 Å². The van der Waals surface area contributed by atoms with Gasteiger partial charge in [-0.2, -0.15) is 0 Å². The Hall–Kier alpha value is -1.69. The first kappa shape index (κ1) is 92.8. The van der Waals surface area contributed by atoms with Crippen molar-refractivity contribution in [3.8, 4) is 0 Å². The molecule has 1 heterocycles. The largest absolute Gasteiger partial charge is 0.481 e. The van der Waals surface area contributed by atoms with Crippen LogP contribution >= 0.6 is 0 Å². The summed E-state index contributed by atoms with van der Waals surface area (Å²) in [4.78, 5) is 20.0. The molecule has 0 aliphatic carbocycles. The molecular weight excluding hydrogens is 1040 g/mol. The van der Waals surface area contributed by atoms with Crippen LogP contribution in [0.4, 0.5) is 0 Å². The number of unbranched alkanes of at least 4 members (excludes halogenated alkanes) is 2. The second kappa shape index (κ2) is 57.1. The maximum atomic E-state index is 10.6. The average molecular weight is 1170 g/mol. The van der Waals surface area contributed by atoms with Gasteiger partial charge in [-0.25, -0.2) is 0 Å². The fourth-order valence-corrected chi connectivity index (χ4v) is 8.55. The van der Waals surface area contributed by atoms with Crippen molar-refractivity contribution < 1.29 is 68.5 Å². The third-order valence-corrected chi connectivity index (χ3v) is 26.4. The molecule has 1 aliphatic heterocycles. The van der Waals surface area contributed by atoms with Crippen LogP contribution in [0.25, 0.3) is 0 Å². The van der Waals surface area contributed by atoms with Gasteiger partial charge < -0.3 is 63.7 Å². The minimum atomic E-state index is -1.89. The monoisotopic (exact) mass is 1170 g/mol. The summed E-state index contributed by atoms with van der Waals surface area (Å²) in [5, 5.41) is 67.6. The van der Waals surface area contributed by atoms with Crippen molar-refractivity contribution in [3.05, 3.63) is 50.6 Å². The summed E-state index contributed by atoms with van der Waals surface area (Å²) >= 11 is 0. The number of carboxylic acid groups (broad SMARTS) is 1. The molecule has 0 amide bonds. The number of hydrogen-bond acceptors (Lipinski definition) is 13. The van der Waals surface area contributed by atoms with Crippen molar-refractivity contribution in [1.82, 2.24) is 0 Å². The molecule has 0 saturated carbocycles. The Morgan fingerprint density at radius 2 is 0.923 bits per heavy atom. The molecule has 8 N–H and O–H groups in total. The number of hydrogen-bond donors (Lipinski definition) is 8. The van der Waals surface area contributed by atoms with Crippen LogP contribution in [0.2, 0.25) is 54.4 Å². The second-order valence-corrected chi connectivity index (χ2v) is 37.9. The van der Waals surface area contributed by atoms with Gasteiger partial charge in [0, 0.05) is 32.8 Å². The van der Waals surface area contributed by atoms with E-state index in [1.165, 1.54) is 12.8 Å². The zero-order chi connectivity index (χ0) is 63.3. The Morgan fingerprint density at radius 1 is 0.551 bits per heavy atom. The Balaban J connectivity index is -0.000000122. The van der Waals surface area contributed by atoms with E-state index in [-0.39, 0.29) is 67.3 Å². The fourth-order valence-electron chi connectivity index (χ4n) is 4.61. The van der Waals surface area contributed by atoms with E-state index in [2.05, 4.69) is 149 Å². The molecule has 78 heavy (non-hydrogen) atoms. The molecule has 0 aromatic rings. The normalized spacial score (nSPS) is 14.7. The van der Waals surface area contributed by atoms with Crippen molar-refractivity contribution in [3.63, 3.8) is 0 Å². The van der Waals surface area contributed by atoms with Gasteiger partial charge in [-0.3, -0.25) is 4.79 Å². The molecule has 14 nitrogen and oxygen atoms in total. The zero-order valence-electron chi connectivity index (χ0n) is 54.6. The number of aliphatic carboxylic acids is 1. The van der Waals surface area contributed by atoms with Crippen LogP contribution in [0, 0.1) is 0 Å². The van der Waals surface area contributed by atoms with E-state index >= 15 is 0 Å². The zero-order valence-corrected chi connectivity index (χ0v) is 57.6. The van der Waals surface area contributed by atoms with Crippen LogP contribution in [0.15, 0.2) is 50.6 Å². The molecule has 0 aromatic carbocycles. The van der Waals surface area contributed by atoms with Crippen LogP contribution in [0.3, 0.4) is 0 Å². The van der Waals surface area contributed by atoms with Gasteiger partial charge in [0.2, 0.25) is 0 Å². The standard InChI is InChI=1S/C12H26OSi.C11H22O3Si.C11H24O2Si.C6H12O.C5H12O2.C5H10O.C4H10O.C4H8O.C3H8O2/c1-8-10-11(9-2)13-14(6,7)12(3,4)5;1-7-9(8-10(12)13)14-15(5,6)11(2,3)4;1-7-10(8-9-12)13-14(5,6)11(2,3)4;1-3-5-6(7)4-2;1-2-3-5(7)4-6;1-2-3-5-4-6-5;2*1-2-3-4-5;4-2-1-3-5/h9,11H,2,8,10H2,1,3-7H3;7,9H,1,8H2,2-6H3,(H,12,13);7,10,12H,1,8-9H2,2-6H3;4,6-7H,2-3,5H2,1H3;5-7H,2-4H2,1H3;5H,2-4H2,1H3;5H,2-4H2,1H3;4H,2-3H2,1H3;4-5H,1-3H2/t;;;6-;2*5-;;;/m...011.../s1. The van der Waals surface area contributed by atoms with E-state index in [0.717, 1.165) is 64.3 Å². The molecule has 1 aliphatic rings. The van der Waals surface area contributed by atoms with E-state index in [4.69, 9.17) is 58.9 Å². The predicted octanol–water partition coefficient (Wildman–Crippen LogP) is 14.1. The summed E-state index contributed by atoms with van der Waals surface area (Å²) in [6, 6.07) is 0. The molecule has 17 heteroatoms. The lowest BCUT2D eigenvalue weighted by molar-refractivity contribution is -0.138. The SMILES string of the molecule is C=CC(CC(=O)O)O[Si](C)(C)C(C)(C)C.C=CC(CCC)O[Si](C)(C)C(C)(C)C.C=CC(CCO)O[Si](C)(C)C(C)(C)C.C=C[C@H](O)CCC.CCCC=O.CCCCO.CCC[C@@H](O)CO.CCC[C@@H]1CO1.OCCCO. The van der Waals surface area contributed by atoms with Gasteiger partial charge in [0.1, 0.15) is 6.29 Å². The van der Waals surface area contributed by atoms with E-state index in [0.29, 0.717) is 43.4 Å². The predicted molar refractivity (Wildman–Crippen MR) is 341 cm³/mol. The lowest BCUT2D eigenvalue weighted by Gasteiger charge is -2.38.